The van der Waals surface area contributed by atoms with Gasteiger partial charge in [0.05, 0.1) is 25.2 Å². The molecule has 1 aliphatic heterocycles. The molecule has 1 unspecified atom stereocenters. The van der Waals surface area contributed by atoms with Crippen molar-refractivity contribution < 1.29 is 24.1 Å². The first-order valence-electron chi connectivity index (χ1n) is 5.28. The van der Waals surface area contributed by atoms with E-state index in [-0.39, 0.29) is 6.79 Å². The number of carbonyl (C=O) groups is 1. The van der Waals surface area contributed by atoms with E-state index in [0.29, 0.717) is 23.7 Å². The number of fused-ring (bicyclic) bond motifs is 1. The van der Waals surface area contributed by atoms with E-state index in [9.17, 15) is 4.79 Å². The number of carboxylic acid groups (broad SMARTS) is 1. The molecule has 2 rings (SSSR count). The molecule has 1 N–H and O–H groups in total. The number of methoxy groups -OCH3 is 1. The topological polar surface area (TPSA) is 65.0 Å². The Labute approximate surface area is 98.9 Å². The molecule has 0 radical (unpaired) electrons. The fourth-order valence-electron chi connectivity index (χ4n) is 1.84. The Morgan fingerprint density at radius 3 is 2.94 bits per heavy atom. The van der Waals surface area contributed by atoms with Crippen molar-refractivity contribution in [3.63, 3.8) is 0 Å². The first-order valence-corrected chi connectivity index (χ1v) is 5.28. The summed E-state index contributed by atoms with van der Waals surface area (Å²) < 4.78 is 15.8. The van der Waals surface area contributed by atoms with Crippen LogP contribution in [0.5, 0.6) is 11.5 Å². The summed E-state index contributed by atoms with van der Waals surface area (Å²) in [6.07, 6.45) is 0. The molecule has 1 aromatic carbocycles. The van der Waals surface area contributed by atoms with Crippen molar-refractivity contribution in [1.82, 2.24) is 0 Å². The third kappa shape index (κ3) is 2.06. The van der Waals surface area contributed by atoms with Crippen LogP contribution in [0.2, 0.25) is 0 Å². The Bertz CT molecular complexity index is 441. The number of hydrogen-bond donors (Lipinski definition) is 1. The van der Waals surface area contributed by atoms with Gasteiger partial charge in [-0.05, 0) is 13.0 Å². The molecule has 1 atom stereocenters. The fraction of sp³-hybridized carbons (Fsp3) is 0.417. The minimum atomic E-state index is -0.882. The number of benzene rings is 1. The zero-order valence-corrected chi connectivity index (χ0v) is 9.73. The quantitative estimate of drug-likeness (QED) is 0.869. The minimum Gasteiger partial charge on any atom is -0.496 e. The fourth-order valence-corrected chi connectivity index (χ4v) is 1.84. The molecule has 0 fully saturated rings. The van der Waals surface area contributed by atoms with E-state index in [1.165, 1.54) is 0 Å². The Morgan fingerprint density at radius 1 is 1.53 bits per heavy atom. The van der Waals surface area contributed by atoms with Crippen molar-refractivity contribution in [2.75, 3.05) is 13.9 Å². The second kappa shape index (κ2) is 4.63. The van der Waals surface area contributed by atoms with Crippen LogP contribution in [0.1, 0.15) is 24.0 Å². The monoisotopic (exact) mass is 238 g/mol. The van der Waals surface area contributed by atoms with Gasteiger partial charge >= 0.3 is 5.97 Å². The normalized spacial score (nSPS) is 15.6. The molecule has 1 aliphatic rings. The van der Waals surface area contributed by atoms with Crippen molar-refractivity contribution in [2.45, 2.75) is 19.4 Å². The van der Waals surface area contributed by atoms with Crippen LogP contribution in [0.3, 0.4) is 0 Å². The van der Waals surface area contributed by atoms with Gasteiger partial charge in [0.2, 0.25) is 0 Å². The molecule has 0 bridgehead atoms. The van der Waals surface area contributed by atoms with Gasteiger partial charge in [0.1, 0.15) is 11.5 Å². The minimum absolute atomic E-state index is 0.138. The van der Waals surface area contributed by atoms with Gasteiger partial charge in [-0.2, -0.15) is 0 Å². The lowest BCUT2D eigenvalue weighted by atomic mass is 9.97. The van der Waals surface area contributed by atoms with E-state index >= 15 is 0 Å². The maximum atomic E-state index is 11.0. The van der Waals surface area contributed by atoms with Gasteiger partial charge in [-0.1, -0.05) is 6.07 Å². The molecule has 17 heavy (non-hydrogen) atoms. The van der Waals surface area contributed by atoms with Crippen LogP contribution in [-0.2, 0) is 16.1 Å². The van der Waals surface area contributed by atoms with Crippen molar-refractivity contribution in [2.24, 2.45) is 0 Å². The first-order chi connectivity index (χ1) is 8.15. The highest BCUT2D eigenvalue weighted by atomic mass is 16.7. The second-order valence-electron chi connectivity index (χ2n) is 3.84. The third-order valence-corrected chi connectivity index (χ3v) is 2.84. The lowest BCUT2D eigenvalue weighted by Gasteiger charge is -2.23. The van der Waals surface area contributed by atoms with E-state index in [1.54, 1.807) is 26.2 Å². The van der Waals surface area contributed by atoms with Crippen molar-refractivity contribution >= 4 is 5.97 Å². The van der Waals surface area contributed by atoms with Crippen LogP contribution in [-0.4, -0.2) is 25.0 Å². The molecule has 0 amide bonds. The van der Waals surface area contributed by atoms with E-state index in [2.05, 4.69) is 0 Å². The summed E-state index contributed by atoms with van der Waals surface area (Å²) in [7, 11) is 1.56. The summed E-state index contributed by atoms with van der Waals surface area (Å²) in [6, 6.07) is 3.47. The van der Waals surface area contributed by atoms with Gasteiger partial charge in [0, 0.05) is 5.56 Å². The molecule has 0 aliphatic carbocycles. The van der Waals surface area contributed by atoms with Crippen LogP contribution in [0.15, 0.2) is 12.1 Å². The number of hydrogen-bond acceptors (Lipinski definition) is 4. The van der Waals surface area contributed by atoms with Gasteiger partial charge < -0.3 is 19.3 Å². The number of aliphatic carboxylic acids is 1. The second-order valence-corrected chi connectivity index (χ2v) is 3.84. The molecule has 0 saturated carbocycles. The molecule has 0 saturated heterocycles. The summed E-state index contributed by atoms with van der Waals surface area (Å²) in [6.45, 7) is 2.14. The van der Waals surface area contributed by atoms with Crippen molar-refractivity contribution in [3.05, 3.63) is 23.3 Å². The van der Waals surface area contributed by atoms with Crippen LogP contribution >= 0.6 is 0 Å². The Morgan fingerprint density at radius 2 is 2.29 bits per heavy atom. The molecule has 92 valence electrons. The van der Waals surface area contributed by atoms with Crippen molar-refractivity contribution in [3.8, 4) is 11.5 Å². The van der Waals surface area contributed by atoms with Gasteiger partial charge in [-0.15, -0.1) is 0 Å². The summed E-state index contributed by atoms with van der Waals surface area (Å²) in [5.74, 6) is -0.272. The van der Waals surface area contributed by atoms with E-state index in [1.807, 2.05) is 0 Å². The largest absolute Gasteiger partial charge is 0.496 e. The average Bonchev–Trinajstić information content (AvgIpc) is 2.36. The lowest BCUT2D eigenvalue weighted by Crippen LogP contribution is -2.17. The Hall–Kier alpha value is -1.75. The predicted octanol–water partition coefficient (Wildman–Crippen LogP) is 1.75. The lowest BCUT2D eigenvalue weighted by molar-refractivity contribution is -0.138. The molecular formula is C12H14O5. The predicted molar refractivity (Wildman–Crippen MR) is 59.3 cm³/mol. The molecule has 1 heterocycles. The zero-order chi connectivity index (χ0) is 12.4. The van der Waals surface area contributed by atoms with Gasteiger partial charge in [0.25, 0.3) is 0 Å². The van der Waals surface area contributed by atoms with Crippen LogP contribution < -0.4 is 9.47 Å². The molecule has 0 aromatic heterocycles. The summed E-state index contributed by atoms with van der Waals surface area (Å²) in [5.41, 5.74) is 1.42. The third-order valence-electron chi connectivity index (χ3n) is 2.84. The number of ether oxygens (including phenoxy) is 3. The van der Waals surface area contributed by atoms with Gasteiger partial charge in [-0.25, -0.2) is 0 Å². The van der Waals surface area contributed by atoms with Crippen LogP contribution in [0.25, 0.3) is 0 Å². The maximum absolute atomic E-state index is 11.0. The first kappa shape index (κ1) is 11.7. The smallest absolute Gasteiger partial charge is 0.310 e. The molecular weight excluding hydrogens is 224 g/mol. The van der Waals surface area contributed by atoms with Crippen LogP contribution in [0.4, 0.5) is 0 Å². The highest BCUT2D eigenvalue weighted by Gasteiger charge is 2.25. The van der Waals surface area contributed by atoms with E-state index in [0.717, 1.165) is 5.56 Å². The molecule has 1 aromatic rings. The van der Waals surface area contributed by atoms with E-state index in [4.69, 9.17) is 19.3 Å². The highest BCUT2D eigenvalue weighted by molar-refractivity contribution is 5.77. The van der Waals surface area contributed by atoms with Crippen LogP contribution in [0, 0.1) is 0 Å². The Balaban J connectivity index is 2.51. The van der Waals surface area contributed by atoms with E-state index < -0.39 is 11.9 Å². The average molecular weight is 238 g/mol. The molecule has 5 heteroatoms. The zero-order valence-electron chi connectivity index (χ0n) is 9.73. The summed E-state index contributed by atoms with van der Waals surface area (Å²) in [4.78, 5) is 11.0. The van der Waals surface area contributed by atoms with Gasteiger partial charge in [0.15, 0.2) is 6.79 Å². The Kier molecular flexibility index (Phi) is 3.19. The number of carboxylic acids is 1. The number of rotatable bonds is 3. The van der Waals surface area contributed by atoms with Gasteiger partial charge in [-0.3, -0.25) is 4.79 Å². The SMILES string of the molecule is COc1ccc(C(C)C(=O)O)c2c1COCO2. The maximum Gasteiger partial charge on any atom is 0.310 e. The summed E-state index contributed by atoms with van der Waals surface area (Å²) >= 11 is 0. The summed E-state index contributed by atoms with van der Waals surface area (Å²) in [5, 5.41) is 9.05. The standard InChI is InChI=1S/C12H14O5/c1-7(12(13)14)8-3-4-10(15-2)9-5-16-6-17-11(8)9/h3-4,7H,5-6H2,1-2H3,(H,13,14). The van der Waals surface area contributed by atoms with Crippen molar-refractivity contribution in [1.29, 1.82) is 0 Å². The molecule has 5 nitrogen and oxygen atoms in total. The molecule has 0 spiro atoms. The highest BCUT2D eigenvalue weighted by Crippen LogP contribution is 2.38.